The van der Waals surface area contributed by atoms with Crippen LogP contribution in [0.3, 0.4) is 0 Å². The Morgan fingerprint density at radius 1 is 1.10 bits per heavy atom. The monoisotopic (exact) mass is 420 g/mol. The first-order chi connectivity index (χ1) is 14.7. The number of carbonyl (C=O) groups is 1. The molecule has 0 spiro atoms. The maximum absolute atomic E-state index is 12.7. The molecule has 3 heterocycles. The van der Waals surface area contributed by atoms with Crippen LogP contribution in [0, 0.1) is 0 Å². The SMILES string of the molecule is O=C(OCc1nc2scc(-c3ccccc3)c2c(=O)[nH]1)c1ccc2c(c1)OCCO2. The average Bonchev–Trinajstić information content (AvgIpc) is 3.22. The Morgan fingerprint density at radius 2 is 1.90 bits per heavy atom. The molecule has 150 valence electrons. The van der Waals surface area contributed by atoms with Gasteiger partial charge in [0.05, 0.1) is 10.9 Å². The lowest BCUT2D eigenvalue weighted by molar-refractivity contribution is 0.0461. The molecule has 0 radical (unpaired) electrons. The summed E-state index contributed by atoms with van der Waals surface area (Å²) in [6.45, 7) is 0.770. The van der Waals surface area contributed by atoms with Crippen molar-refractivity contribution in [3.63, 3.8) is 0 Å². The fourth-order valence-electron chi connectivity index (χ4n) is 3.28. The van der Waals surface area contributed by atoms with E-state index in [0.29, 0.717) is 46.3 Å². The number of thiophene rings is 1. The normalized spacial score (nSPS) is 12.7. The fraction of sp³-hybridized carbons (Fsp3) is 0.136. The van der Waals surface area contributed by atoms with Gasteiger partial charge >= 0.3 is 5.97 Å². The van der Waals surface area contributed by atoms with Crippen molar-refractivity contribution in [1.82, 2.24) is 9.97 Å². The van der Waals surface area contributed by atoms with E-state index in [4.69, 9.17) is 14.2 Å². The molecule has 0 bridgehead atoms. The van der Waals surface area contributed by atoms with Gasteiger partial charge in [-0.2, -0.15) is 0 Å². The number of ether oxygens (including phenoxy) is 3. The summed E-state index contributed by atoms with van der Waals surface area (Å²) in [5.74, 6) is 0.863. The molecule has 5 rings (SSSR count). The number of hydrogen-bond donors (Lipinski definition) is 1. The van der Waals surface area contributed by atoms with E-state index in [1.165, 1.54) is 11.3 Å². The van der Waals surface area contributed by atoms with Crippen molar-refractivity contribution in [2.45, 2.75) is 6.61 Å². The Labute approximate surface area is 174 Å². The molecule has 0 saturated heterocycles. The topological polar surface area (TPSA) is 90.5 Å². The predicted octanol–water partition coefficient (Wildman–Crippen LogP) is 3.78. The second-order valence-corrected chi connectivity index (χ2v) is 7.50. The van der Waals surface area contributed by atoms with Crippen LogP contribution >= 0.6 is 11.3 Å². The molecule has 1 aliphatic rings. The lowest BCUT2D eigenvalue weighted by atomic mass is 10.1. The van der Waals surface area contributed by atoms with Crippen LogP contribution in [0.5, 0.6) is 11.5 Å². The summed E-state index contributed by atoms with van der Waals surface area (Å²) in [5.41, 5.74) is 1.87. The summed E-state index contributed by atoms with van der Waals surface area (Å²) in [7, 11) is 0. The lowest BCUT2D eigenvalue weighted by Crippen LogP contribution is -2.16. The molecule has 2 aromatic carbocycles. The average molecular weight is 420 g/mol. The number of nitrogens with one attached hydrogen (secondary N) is 1. The highest BCUT2D eigenvalue weighted by Gasteiger charge is 2.17. The van der Waals surface area contributed by atoms with Crippen molar-refractivity contribution in [3.05, 3.63) is 75.7 Å². The number of carbonyl (C=O) groups excluding carboxylic acids is 1. The van der Waals surface area contributed by atoms with Crippen LogP contribution in [-0.2, 0) is 11.3 Å². The highest BCUT2D eigenvalue weighted by atomic mass is 32.1. The van der Waals surface area contributed by atoms with E-state index < -0.39 is 5.97 Å². The zero-order valence-electron chi connectivity index (χ0n) is 15.7. The lowest BCUT2D eigenvalue weighted by Gasteiger charge is -2.18. The van der Waals surface area contributed by atoms with Crippen LogP contribution in [0.15, 0.2) is 58.7 Å². The second kappa shape index (κ2) is 7.64. The fourth-order valence-corrected chi connectivity index (χ4v) is 4.25. The highest BCUT2D eigenvalue weighted by Crippen LogP contribution is 2.32. The highest BCUT2D eigenvalue weighted by molar-refractivity contribution is 7.17. The molecule has 30 heavy (non-hydrogen) atoms. The molecular formula is C22H16N2O5S. The number of aromatic nitrogens is 2. The summed E-state index contributed by atoms with van der Waals surface area (Å²) in [6.07, 6.45) is 0. The van der Waals surface area contributed by atoms with E-state index in [2.05, 4.69) is 9.97 Å². The molecule has 0 aliphatic carbocycles. The van der Waals surface area contributed by atoms with Gasteiger partial charge in [-0.05, 0) is 23.8 Å². The smallest absolute Gasteiger partial charge is 0.338 e. The van der Waals surface area contributed by atoms with Crippen LogP contribution in [0.1, 0.15) is 16.2 Å². The van der Waals surface area contributed by atoms with E-state index in [1.54, 1.807) is 18.2 Å². The zero-order chi connectivity index (χ0) is 20.5. The number of benzene rings is 2. The molecule has 0 saturated carbocycles. The molecular weight excluding hydrogens is 404 g/mol. The molecule has 0 atom stereocenters. The Hall–Kier alpha value is -3.65. The third-order valence-corrected chi connectivity index (χ3v) is 5.57. The maximum atomic E-state index is 12.7. The molecule has 1 aliphatic heterocycles. The van der Waals surface area contributed by atoms with Gasteiger partial charge in [0.2, 0.25) is 0 Å². The van der Waals surface area contributed by atoms with Crippen molar-refractivity contribution >= 4 is 27.5 Å². The van der Waals surface area contributed by atoms with Crippen molar-refractivity contribution in [3.8, 4) is 22.6 Å². The molecule has 2 aromatic heterocycles. The van der Waals surface area contributed by atoms with Crippen LogP contribution < -0.4 is 15.0 Å². The van der Waals surface area contributed by atoms with Crippen LogP contribution in [-0.4, -0.2) is 29.2 Å². The summed E-state index contributed by atoms with van der Waals surface area (Å²) in [5, 5.41) is 2.45. The molecule has 0 fully saturated rings. The second-order valence-electron chi connectivity index (χ2n) is 6.64. The minimum atomic E-state index is -0.536. The minimum absolute atomic E-state index is 0.142. The van der Waals surface area contributed by atoms with Crippen molar-refractivity contribution in [2.24, 2.45) is 0 Å². The number of esters is 1. The van der Waals surface area contributed by atoms with E-state index in [0.717, 1.165) is 11.1 Å². The van der Waals surface area contributed by atoms with Gasteiger partial charge in [-0.3, -0.25) is 4.79 Å². The largest absolute Gasteiger partial charge is 0.486 e. The van der Waals surface area contributed by atoms with E-state index >= 15 is 0 Å². The third kappa shape index (κ3) is 3.42. The van der Waals surface area contributed by atoms with Crippen molar-refractivity contribution < 1.29 is 19.0 Å². The quantitative estimate of drug-likeness (QED) is 0.506. The Bertz CT molecular complexity index is 1300. The zero-order valence-corrected chi connectivity index (χ0v) is 16.5. The van der Waals surface area contributed by atoms with E-state index in [1.807, 2.05) is 35.7 Å². The van der Waals surface area contributed by atoms with Crippen LogP contribution in [0.2, 0.25) is 0 Å². The molecule has 1 N–H and O–H groups in total. The Morgan fingerprint density at radius 3 is 2.73 bits per heavy atom. The first-order valence-corrected chi connectivity index (χ1v) is 10.2. The molecule has 8 heteroatoms. The number of aromatic amines is 1. The summed E-state index contributed by atoms with van der Waals surface area (Å²) < 4.78 is 16.3. The predicted molar refractivity (Wildman–Crippen MR) is 112 cm³/mol. The van der Waals surface area contributed by atoms with Gasteiger partial charge in [0.1, 0.15) is 30.5 Å². The summed E-state index contributed by atoms with van der Waals surface area (Å²) in [4.78, 5) is 32.9. The molecule has 4 aromatic rings. The minimum Gasteiger partial charge on any atom is -0.486 e. The molecule has 0 unspecified atom stereocenters. The van der Waals surface area contributed by atoms with Gasteiger partial charge in [-0.1, -0.05) is 30.3 Å². The van der Waals surface area contributed by atoms with E-state index in [9.17, 15) is 9.59 Å². The van der Waals surface area contributed by atoms with Gasteiger partial charge in [-0.15, -0.1) is 11.3 Å². The van der Waals surface area contributed by atoms with Gasteiger partial charge in [0.25, 0.3) is 5.56 Å². The number of nitrogens with zero attached hydrogens (tertiary/aromatic N) is 1. The van der Waals surface area contributed by atoms with Gasteiger partial charge in [-0.25, -0.2) is 9.78 Å². The Kier molecular flexibility index (Phi) is 4.68. The third-order valence-electron chi connectivity index (χ3n) is 4.70. The Balaban J connectivity index is 1.36. The van der Waals surface area contributed by atoms with Gasteiger partial charge in [0, 0.05) is 10.9 Å². The van der Waals surface area contributed by atoms with E-state index in [-0.39, 0.29) is 12.2 Å². The van der Waals surface area contributed by atoms with Crippen LogP contribution in [0.25, 0.3) is 21.3 Å². The number of rotatable bonds is 4. The number of fused-ring (bicyclic) bond motifs is 2. The summed E-state index contributed by atoms with van der Waals surface area (Å²) in [6, 6.07) is 14.5. The van der Waals surface area contributed by atoms with Gasteiger partial charge in [0.15, 0.2) is 11.5 Å². The van der Waals surface area contributed by atoms with Crippen molar-refractivity contribution in [1.29, 1.82) is 0 Å². The molecule has 0 amide bonds. The summed E-state index contributed by atoms with van der Waals surface area (Å²) >= 11 is 1.38. The van der Waals surface area contributed by atoms with Crippen LogP contribution in [0.4, 0.5) is 0 Å². The molecule has 7 nitrogen and oxygen atoms in total. The van der Waals surface area contributed by atoms with Crippen molar-refractivity contribution in [2.75, 3.05) is 13.2 Å². The number of H-pyrrole nitrogens is 1. The van der Waals surface area contributed by atoms with Gasteiger partial charge < -0.3 is 19.2 Å². The maximum Gasteiger partial charge on any atom is 0.338 e. The first kappa shape index (κ1) is 18.4. The standard InChI is InChI=1S/C22H16N2O5S/c25-20-19-15(13-4-2-1-3-5-13)12-30-21(19)24-18(23-20)11-29-22(26)14-6-7-16-17(10-14)28-9-8-27-16/h1-7,10,12H,8-9,11H2,(H,23,24,25). The number of hydrogen-bond acceptors (Lipinski definition) is 7. The first-order valence-electron chi connectivity index (χ1n) is 9.31.